The summed E-state index contributed by atoms with van der Waals surface area (Å²) >= 11 is 1.35. The van der Waals surface area contributed by atoms with Crippen LogP contribution in [0, 0.1) is 6.92 Å². The summed E-state index contributed by atoms with van der Waals surface area (Å²) < 4.78 is 1.84. The van der Waals surface area contributed by atoms with Crippen molar-refractivity contribution in [1.82, 2.24) is 25.2 Å². The van der Waals surface area contributed by atoms with Gasteiger partial charge in [-0.1, -0.05) is 40.8 Å². The number of nitrogens with one attached hydrogen (secondary N) is 1. The summed E-state index contributed by atoms with van der Waals surface area (Å²) in [5.41, 5.74) is 3.46. The average molecular weight is 350 g/mol. The summed E-state index contributed by atoms with van der Waals surface area (Å²) in [5.74, 6) is -0.200. The lowest BCUT2D eigenvalue weighted by molar-refractivity contribution is 0.102. The van der Waals surface area contributed by atoms with Gasteiger partial charge in [0.2, 0.25) is 5.13 Å². The van der Waals surface area contributed by atoms with Crippen molar-refractivity contribution in [2.24, 2.45) is 0 Å². The van der Waals surface area contributed by atoms with Gasteiger partial charge in [0, 0.05) is 5.56 Å². The van der Waals surface area contributed by atoms with Gasteiger partial charge in [-0.15, -0.1) is 15.3 Å². The maximum absolute atomic E-state index is 12.2. The van der Waals surface area contributed by atoms with Gasteiger partial charge in [-0.2, -0.15) is 0 Å². The normalized spacial score (nSPS) is 10.9. The lowest BCUT2D eigenvalue weighted by Gasteiger charge is -2.05. The maximum Gasteiger partial charge on any atom is 0.257 e. The topological polar surface area (TPSA) is 85.6 Å². The summed E-state index contributed by atoms with van der Waals surface area (Å²) in [5, 5.41) is 20.2. The Hall–Kier alpha value is -3.13. The molecule has 25 heavy (non-hydrogen) atoms. The average Bonchev–Trinajstić information content (AvgIpc) is 3.22. The largest absolute Gasteiger partial charge is 0.296 e. The number of nitrogens with zero attached hydrogens (tertiary/aromatic N) is 5. The second-order valence-electron chi connectivity index (χ2n) is 5.51. The molecule has 0 fully saturated rings. The first-order valence-electron chi connectivity index (χ1n) is 7.68. The van der Waals surface area contributed by atoms with E-state index in [4.69, 9.17) is 0 Å². The van der Waals surface area contributed by atoms with Crippen molar-refractivity contribution >= 4 is 33.4 Å². The highest BCUT2D eigenvalue weighted by Crippen LogP contribution is 2.16. The van der Waals surface area contributed by atoms with Crippen LogP contribution >= 0.6 is 11.3 Å². The van der Waals surface area contributed by atoms with Crippen molar-refractivity contribution in [2.75, 3.05) is 5.32 Å². The van der Waals surface area contributed by atoms with Gasteiger partial charge < -0.3 is 0 Å². The van der Waals surface area contributed by atoms with Crippen LogP contribution in [0.5, 0.6) is 0 Å². The first-order chi connectivity index (χ1) is 12.2. The van der Waals surface area contributed by atoms with Crippen LogP contribution in [0.4, 0.5) is 5.13 Å². The molecule has 2 aromatic heterocycles. The fourth-order valence-corrected chi connectivity index (χ4v) is 3.07. The van der Waals surface area contributed by atoms with Gasteiger partial charge in [0.15, 0.2) is 0 Å². The number of para-hydroxylation sites is 1. The molecule has 7 nitrogen and oxygen atoms in total. The van der Waals surface area contributed by atoms with Crippen LogP contribution < -0.4 is 5.32 Å². The second-order valence-corrected chi connectivity index (χ2v) is 6.69. The van der Waals surface area contributed by atoms with Gasteiger partial charge in [-0.05, 0) is 36.8 Å². The lowest BCUT2D eigenvalue weighted by atomic mass is 10.1. The Kier molecular flexibility index (Phi) is 3.95. The number of aromatic nitrogens is 5. The van der Waals surface area contributed by atoms with Gasteiger partial charge in [-0.3, -0.25) is 10.1 Å². The molecule has 4 rings (SSSR count). The second kappa shape index (κ2) is 6.40. The zero-order chi connectivity index (χ0) is 17.2. The Morgan fingerprint density at radius 2 is 1.88 bits per heavy atom. The molecule has 2 heterocycles. The van der Waals surface area contributed by atoms with E-state index in [0.29, 0.717) is 17.2 Å². The van der Waals surface area contributed by atoms with Gasteiger partial charge >= 0.3 is 0 Å². The first-order valence-corrected chi connectivity index (χ1v) is 8.49. The number of aryl methyl sites for hydroxylation is 1. The number of benzene rings is 2. The van der Waals surface area contributed by atoms with Crippen LogP contribution in [-0.2, 0) is 6.54 Å². The van der Waals surface area contributed by atoms with Gasteiger partial charge in [0.05, 0.1) is 12.1 Å². The zero-order valence-corrected chi connectivity index (χ0v) is 14.2. The monoisotopic (exact) mass is 350 g/mol. The molecule has 2 aromatic carbocycles. The summed E-state index contributed by atoms with van der Waals surface area (Å²) in [6, 6.07) is 15.2. The van der Waals surface area contributed by atoms with Crippen molar-refractivity contribution in [3.8, 4) is 0 Å². The minimum atomic E-state index is -0.200. The highest BCUT2D eigenvalue weighted by atomic mass is 32.1. The predicted octanol–water partition coefficient (Wildman–Crippen LogP) is 2.89. The fraction of sp³-hybridized carbons (Fsp3) is 0.118. The minimum Gasteiger partial charge on any atom is -0.296 e. The standard InChI is InChI=1S/C17H14N6OS/c1-11-19-21-17(25-11)18-16(24)13-8-6-12(7-9-13)10-23-15-5-3-2-4-14(15)20-22-23/h2-9H,10H2,1H3,(H,18,21,24). The maximum atomic E-state index is 12.2. The van der Waals surface area contributed by atoms with Gasteiger partial charge in [-0.25, -0.2) is 4.68 Å². The number of fused-ring (bicyclic) bond motifs is 1. The summed E-state index contributed by atoms with van der Waals surface area (Å²) in [6.07, 6.45) is 0. The smallest absolute Gasteiger partial charge is 0.257 e. The van der Waals surface area contributed by atoms with Crippen molar-refractivity contribution in [1.29, 1.82) is 0 Å². The van der Waals surface area contributed by atoms with Gasteiger partial charge in [0.1, 0.15) is 10.5 Å². The molecule has 0 atom stereocenters. The Morgan fingerprint density at radius 3 is 2.64 bits per heavy atom. The Labute approximate surface area is 147 Å². The third-order valence-electron chi connectivity index (χ3n) is 3.72. The van der Waals surface area contributed by atoms with Crippen LogP contribution in [0.1, 0.15) is 20.9 Å². The summed E-state index contributed by atoms with van der Waals surface area (Å²) in [4.78, 5) is 12.2. The molecule has 0 aliphatic carbocycles. The Balaban J connectivity index is 1.49. The van der Waals surface area contributed by atoms with E-state index in [0.717, 1.165) is 21.6 Å². The van der Waals surface area contributed by atoms with E-state index in [2.05, 4.69) is 25.8 Å². The molecule has 0 aliphatic rings. The minimum absolute atomic E-state index is 0.200. The zero-order valence-electron chi connectivity index (χ0n) is 13.4. The molecule has 0 saturated heterocycles. The molecule has 124 valence electrons. The van der Waals surface area contributed by atoms with E-state index in [1.54, 1.807) is 12.1 Å². The summed E-state index contributed by atoms with van der Waals surface area (Å²) in [6.45, 7) is 2.44. The number of carbonyl (C=O) groups is 1. The molecule has 0 spiro atoms. The predicted molar refractivity (Wildman–Crippen MR) is 95.7 cm³/mol. The van der Waals surface area contributed by atoms with Crippen molar-refractivity contribution in [2.45, 2.75) is 13.5 Å². The first kappa shape index (κ1) is 15.4. The van der Waals surface area contributed by atoms with Crippen LogP contribution in [-0.4, -0.2) is 31.1 Å². The van der Waals surface area contributed by atoms with Crippen molar-refractivity contribution in [3.63, 3.8) is 0 Å². The molecule has 0 unspecified atom stereocenters. The number of hydrogen-bond acceptors (Lipinski definition) is 6. The quantitative estimate of drug-likeness (QED) is 0.612. The molecule has 4 aromatic rings. The Morgan fingerprint density at radius 1 is 1.08 bits per heavy atom. The van der Waals surface area contributed by atoms with E-state index in [-0.39, 0.29) is 5.91 Å². The van der Waals surface area contributed by atoms with Crippen LogP contribution in [0.2, 0.25) is 0 Å². The van der Waals surface area contributed by atoms with Crippen molar-refractivity contribution in [3.05, 3.63) is 64.7 Å². The Bertz CT molecular complexity index is 1040. The molecular formula is C17H14N6OS. The molecule has 1 amide bonds. The van der Waals surface area contributed by atoms with E-state index in [1.165, 1.54) is 11.3 Å². The molecule has 0 radical (unpaired) electrons. The SMILES string of the molecule is Cc1nnc(NC(=O)c2ccc(Cn3nnc4ccccc43)cc2)s1. The van der Waals surface area contributed by atoms with Crippen LogP contribution in [0.15, 0.2) is 48.5 Å². The molecule has 0 aliphatic heterocycles. The molecule has 0 bridgehead atoms. The lowest BCUT2D eigenvalue weighted by Crippen LogP contribution is -2.12. The number of rotatable bonds is 4. The summed E-state index contributed by atoms with van der Waals surface area (Å²) in [7, 11) is 0. The number of anilines is 1. The third-order valence-corrected chi connectivity index (χ3v) is 4.47. The highest BCUT2D eigenvalue weighted by Gasteiger charge is 2.10. The van der Waals surface area contributed by atoms with E-state index in [1.807, 2.05) is 48.0 Å². The van der Waals surface area contributed by atoms with Gasteiger partial charge in [0.25, 0.3) is 5.91 Å². The van der Waals surface area contributed by atoms with Crippen LogP contribution in [0.25, 0.3) is 11.0 Å². The molecule has 0 saturated carbocycles. The van der Waals surface area contributed by atoms with E-state index >= 15 is 0 Å². The molecule has 1 N–H and O–H groups in total. The van der Waals surface area contributed by atoms with Crippen LogP contribution in [0.3, 0.4) is 0 Å². The van der Waals surface area contributed by atoms with E-state index in [9.17, 15) is 4.79 Å². The molecule has 8 heteroatoms. The van der Waals surface area contributed by atoms with Crippen molar-refractivity contribution < 1.29 is 4.79 Å². The highest BCUT2D eigenvalue weighted by molar-refractivity contribution is 7.15. The third kappa shape index (κ3) is 3.24. The number of carbonyl (C=O) groups excluding carboxylic acids is 1. The number of hydrogen-bond donors (Lipinski definition) is 1. The number of amides is 1. The van der Waals surface area contributed by atoms with E-state index < -0.39 is 0 Å². The fourth-order valence-electron chi connectivity index (χ4n) is 2.48. The molecular weight excluding hydrogens is 336 g/mol.